The summed E-state index contributed by atoms with van der Waals surface area (Å²) in [5.74, 6) is 0.0786. The van der Waals surface area contributed by atoms with Crippen LogP contribution in [-0.4, -0.2) is 6.61 Å². The van der Waals surface area contributed by atoms with Crippen LogP contribution in [0, 0.1) is 0 Å². The maximum Gasteiger partial charge on any atom is 0.387 e. The van der Waals surface area contributed by atoms with Gasteiger partial charge in [0, 0.05) is 5.56 Å². The molecule has 0 heterocycles. The maximum atomic E-state index is 12.0. The lowest BCUT2D eigenvalue weighted by Gasteiger charge is -2.09. The summed E-state index contributed by atoms with van der Waals surface area (Å²) in [6, 6.07) is 9.42. The molecule has 0 saturated carbocycles. The highest BCUT2D eigenvalue weighted by Gasteiger charge is 2.11. The van der Waals surface area contributed by atoms with Gasteiger partial charge < -0.3 is 4.74 Å². The zero-order valence-corrected chi connectivity index (χ0v) is 11.6. The average Bonchev–Trinajstić information content (AvgIpc) is 2.37. The van der Waals surface area contributed by atoms with Crippen molar-refractivity contribution >= 4 is 34.8 Å². The Balaban J connectivity index is 2.35. The van der Waals surface area contributed by atoms with Gasteiger partial charge in [0.25, 0.3) is 0 Å². The van der Waals surface area contributed by atoms with Crippen molar-refractivity contribution in [2.75, 3.05) is 0 Å². The van der Waals surface area contributed by atoms with Gasteiger partial charge in [0.2, 0.25) is 0 Å². The lowest BCUT2D eigenvalue weighted by Crippen LogP contribution is -2.01. The van der Waals surface area contributed by atoms with E-state index in [-0.39, 0.29) is 10.8 Å². The Labute approximate surface area is 123 Å². The lowest BCUT2D eigenvalue weighted by atomic mass is 10.1. The molecule has 100 valence electrons. The molecule has 1 nitrogen and oxygen atoms in total. The van der Waals surface area contributed by atoms with Gasteiger partial charge in [-0.25, -0.2) is 0 Å². The van der Waals surface area contributed by atoms with Crippen molar-refractivity contribution in [1.29, 1.82) is 0 Å². The van der Waals surface area contributed by atoms with Crippen molar-refractivity contribution in [2.24, 2.45) is 0 Å². The topological polar surface area (TPSA) is 9.23 Å². The predicted molar refractivity (Wildman–Crippen MR) is 73.5 cm³/mol. The van der Waals surface area contributed by atoms with Crippen LogP contribution in [0.5, 0.6) is 5.75 Å². The lowest BCUT2D eigenvalue weighted by molar-refractivity contribution is -0.0498. The quantitative estimate of drug-likeness (QED) is 0.637. The van der Waals surface area contributed by atoms with Crippen LogP contribution >= 0.6 is 34.8 Å². The SMILES string of the molecule is FC(F)Oc1ccc(-c2ccc(Cl)c(Cl)c2Cl)cc1. The van der Waals surface area contributed by atoms with E-state index in [4.69, 9.17) is 34.8 Å². The van der Waals surface area contributed by atoms with Crippen LogP contribution in [-0.2, 0) is 0 Å². The summed E-state index contributed by atoms with van der Waals surface area (Å²) in [5, 5.41) is 0.929. The maximum absolute atomic E-state index is 12.0. The van der Waals surface area contributed by atoms with Crippen molar-refractivity contribution in [3.63, 3.8) is 0 Å². The fourth-order valence-corrected chi connectivity index (χ4v) is 2.21. The van der Waals surface area contributed by atoms with E-state index in [0.717, 1.165) is 5.56 Å². The van der Waals surface area contributed by atoms with Crippen LogP contribution in [0.4, 0.5) is 8.78 Å². The van der Waals surface area contributed by atoms with E-state index in [9.17, 15) is 8.78 Å². The summed E-state index contributed by atoms with van der Waals surface area (Å²) < 4.78 is 28.3. The molecule has 6 heteroatoms. The molecular weight excluding hydrogens is 316 g/mol. The van der Waals surface area contributed by atoms with Crippen molar-refractivity contribution in [2.45, 2.75) is 6.61 Å². The molecule has 0 unspecified atom stereocenters. The smallest absolute Gasteiger partial charge is 0.387 e. The number of halogens is 5. The number of hydrogen-bond acceptors (Lipinski definition) is 1. The molecule has 0 aromatic heterocycles. The minimum Gasteiger partial charge on any atom is -0.435 e. The average molecular weight is 324 g/mol. The molecule has 0 fully saturated rings. The Kier molecular flexibility index (Phi) is 4.50. The largest absolute Gasteiger partial charge is 0.435 e. The van der Waals surface area contributed by atoms with Crippen molar-refractivity contribution in [1.82, 2.24) is 0 Å². The Morgan fingerprint density at radius 2 is 1.47 bits per heavy atom. The first-order valence-corrected chi connectivity index (χ1v) is 6.31. The second kappa shape index (κ2) is 5.95. The van der Waals surface area contributed by atoms with E-state index in [1.807, 2.05) is 0 Å². The van der Waals surface area contributed by atoms with Gasteiger partial charge in [-0.15, -0.1) is 0 Å². The van der Waals surface area contributed by atoms with Crippen LogP contribution in [0.1, 0.15) is 0 Å². The third-order valence-electron chi connectivity index (χ3n) is 2.43. The summed E-state index contributed by atoms with van der Waals surface area (Å²) in [6.07, 6.45) is 0. The second-order valence-electron chi connectivity index (χ2n) is 3.63. The van der Waals surface area contributed by atoms with Crippen LogP contribution in [0.2, 0.25) is 15.1 Å². The Morgan fingerprint density at radius 3 is 2.05 bits per heavy atom. The summed E-state index contributed by atoms with van der Waals surface area (Å²) in [5.41, 5.74) is 1.39. The zero-order chi connectivity index (χ0) is 14.0. The molecule has 0 N–H and O–H groups in total. The van der Waals surface area contributed by atoms with Gasteiger partial charge in [-0.3, -0.25) is 0 Å². The van der Waals surface area contributed by atoms with E-state index in [2.05, 4.69) is 4.74 Å². The number of benzene rings is 2. The third-order valence-corrected chi connectivity index (χ3v) is 3.72. The molecule has 0 radical (unpaired) electrons. The van der Waals surface area contributed by atoms with Gasteiger partial charge in [-0.2, -0.15) is 8.78 Å². The minimum absolute atomic E-state index is 0.0786. The molecule has 0 atom stereocenters. The Hall–Kier alpha value is -1.03. The van der Waals surface area contributed by atoms with E-state index in [0.29, 0.717) is 15.6 Å². The molecule has 0 aliphatic rings. The molecule has 19 heavy (non-hydrogen) atoms. The van der Waals surface area contributed by atoms with E-state index >= 15 is 0 Å². The summed E-state index contributed by atoms with van der Waals surface area (Å²) >= 11 is 17.9. The first-order chi connectivity index (χ1) is 8.99. The fourth-order valence-electron chi connectivity index (χ4n) is 1.56. The van der Waals surface area contributed by atoms with Gasteiger partial charge in [0.15, 0.2) is 0 Å². The number of rotatable bonds is 3. The van der Waals surface area contributed by atoms with E-state index in [1.165, 1.54) is 12.1 Å². The monoisotopic (exact) mass is 322 g/mol. The van der Waals surface area contributed by atoms with Crippen LogP contribution in [0.3, 0.4) is 0 Å². The molecule has 0 spiro atoms. The highest BCUT2D eigenvalue weighted by Crippen LogP contribution is 2.38. The van der Waals surface area contributed by atoms with Gasteiger partial charge in [0.05, 0.1) is 15.1 Å². The highest BCUT2D eigenvalue weighted by atomic mass is 35.5. The molecule has 0 amide bonds. The molecule has 0 aliphatic heterocycles. The van der Waals surface area contributed by atoms with E-state index in [1.54, 1.807) is 24.3 Å². The van der Waals surface area contributed by atoms with Crippen molar-refractivity contribution < 1.29 is 13.5 Å². The number of alkyl halides is 2. The van der Waals surface area contributed by atoms with Crippen molar-refractivity contribution in [3.8, 4) is 16.9 Å². The molecule has 0 bridgehead atoms. The van der Waals surface area contributed by atoms with Gasteiger partial charge in [-0.1, -0.05) is 53.0 Å². The molecule has 0 aliphatic carbocycles. The van der Waals surface area contributed by atoms with Crippen LogP contribution < -0.4 is 4.74 Å². The normalized spacial score (nSPS) is 10.8. The van der Waals surface area contributed by atoms with Crippen molar-refractivity contribution in [3.05, 3.63) is 51.5 Å². The first kappa shape index (κ1) is 14.4. The minimum atomic E-state index is -2.85. The zero-order valence-electron chi connectivity index (χ0n) is 9.34. The van der Waals surface area contributed by atoms with Gasteiger partial charge in [0.1, 0.15) is 5.75 Å². The first-order valence-electron chi connectivity index (χ1n) is 5.18. The summed E-state index contributed by atoms with van der Waals surface area (Å²) in [7, 11) is 0. The Morgan fingerprint density at radius 1 is 0.842 bits per heavy atom. The van der Waals surface area contributed by atoms with Gasteiger partial charge in [-0.05, 0) is 23.8 Å². The van der Waals surface area contributed by atoms with Gasteiger partial charge >= 0.3 is 6.61 Å². The number of hydrogen-bond donors (Lipinski definition) is 0. The van der Waals surface area contributed by atoms with Crippen LogP contribution in [0.15, 0.2) is 36.4 Å². The number of ether oxygens (including phenoxy) is 1. The van der Waals surface area contributed by atoms with E-state index < -0.39 is 6.61 Å². The highest BCUT2D eigenvalue weighted by molar-refractivity contribution is 6.49. The molecule has 2 aromatic rings. The fraction of sp³-hybridized carbons (Fsp3) is 0.0769. The molecule has 2 aromatic carbocycles. The second-order valence-corrected chi connectivity index (χ2v) is 4.79. The standard InChI is InChI=1S/C13H7Cl3F2O/c14-10-6-5-9(11(15)12(10)16)7-1-3-8(4-2-7)19-13(17)18/h1-6,13H. The summed E-state index contributed by atoms with van der Waals surface area (Å²) in [4.78, 5) is 0. The molecule has 2 rings (SSSR count). The van der Waals surface area contributed by atoms with Crippen LogP contribution in [0.25, 0.3) is 11.1 Å². The summed E-state index contributed by atoms with van der Waals surface area (Å²) in [6.45, 7) is -2.85. The molecular formula is C13H7Cl3F2O. The Bertz CT molecular complexity index is 585. The predicted octanol–water partition coefficient (Wildman–Crippen LogP) is 5.92. The third kappa shape index (κ3) is 3.30. The molecule has 0 saturated heterocycles.